The van der Waals surface area contributed by atoms with Crippen LogP contribution in [0.4, 0.5) is 0 Å². The van der Waals surface area contributed by atoms with E-state index < -0.39 is 5.78 Å². The van der Waals surface area contributed by atoms with E-state index in [2.05, 4.69) is 0 Å². The largest absolute Gasteiger partial charge is 0.277 e. The smallest absolute Gasteiger partial charge is 0.262 e. The van der Waals surface area contributed by atoms with Crippen LogP contribution in [-0.2, 0) is 0 Å². The van der Waals surface area contributed by atoms with E-state index in [9.17, 15) is 4.79 Å². The molecule has 0 aliphatic heterocycles. The van der Waals surface area contributed by atoms with E-state index in [1.54, 1.807) is 6.07 Å². The predicted octanol–water partition coefficient (Wildman–Crippen LogP) is 1.55. The molecule has 0 atom stereocenters. The number of hydrogen-bond acceptors (Lipinski definition) is 4. The molecule has 15 heavy (non-hydrogen) atoms. The lowest BCUT2D eigenvalue weighted by molar-refractivity contribution is 0.105. The van der Waals surface area contributed by atoms with Crippen LogP contribution < -0.4 is 0 Å². The highest BCUT2D eigenvalue weighted by molar-refractivity contribution is 6.07. The first kappa shape index (κ1) is 10.4. The average molecular weight is 195 g/mol. The molecule has 0 bridgehead atoms. The van der Waals surface area contributed by atoms with Gasteiger partial charge in [0.15, 0.2) is 0 Å². The zero-order valence-corrected chi connectivity index (χ0v) is 7.61. The van der Waals surface area contributed by atoms with Crippen LogP contribution in [0.25, 0.3) is 5.57 Å². The number of benzene rings is 1. The minimum atomic E-state index is -0.626. The number of nitriles is 2. The highest BCUT2D eigenvalue weighted by atomic mass is 16.1. The Morgan fingerprint density at radius 2 is 1.60 bits per heavy atom. The van der Waals surface area contributed by atoms with Crippen molar-refractivity contribution in [3.63, 3.8) is 0 Å². The molecular formula is C11H5N3O. The van der Waals surface area contributed by atoms with E-state index in [-0.39, 0.29) is 11.1 Å². The molecule has 1 rings (SSSR count). The number of carbonyl (C=O) groups is 1. The van der Waals surface area contributed by atoms with Gasteiger partial charge in [-0.05, 0) is 18.0 Å². The zero-order valence-electron chi connectivity index (χ0n) is 7.61. The Labute approximate surface area is 86.2 Å². The van der Waals surface area contributed by atoms with Gasteiger partial charge in [-0.2, -0.15) is 10.5 Å². The van der Waals surface area contributed by atoms with Crippen molar-refractivity contribution in [3.8, 4) is 12.1 Å². The summed E-state index contributed by atoms with van der Waals surface area (Å²) < 4.78 is 0. The quantitative estimate of drug-likeness (QED) is 0.336. The Balaban J connectivity index is 3.13. The van der Waals surface area contributed by atoms with Gasteiger partial charge in [0.1, 0.15) is 17.7 Å². The summed E-state index contributed by atoms with van der Waals surface area (Å²) in [4.78, 5) is 10.9. The lowest BCUT2D eigenvalue weighted by Gasteiger charge is -1.96. The summed E-state index contributed by atoms with van der Waals surface area (Å²) in [5, 5.41) is 23.8. The molecular weight excluding hydrogens is 190 g/mol. The van der Waals surface area contributed by atoms with Crippen molar-refractivity contribution >= 4 is 17.2 Å². The molecule has 0 fully saturated rings. The number of ketones is 1. The maximum absolute atomic E-state index is 10.9. The third kappa shape index (κ3) is 2.16. The Morgan fingerprint density at radius 1 is 1.07 bits per heavy atom. The van der Waals surface area contributed by atoms with Gasteiger partial charge in [-0.1, -0.05) is 12.1 Å². The maximum Gasteiger partial charge on any atom is 0.262 e. The van der Waals surface area contributed by atoms with Crippen molar-refractivity contribution in [2.75, 3.05) is 0 Å². The van der Waals surface area contributed by atoms with Gasteiger partial charge >= 0.3 is 0 Å². The van der Waals surface area contributed by atoms with Gasteiger partial charge in [-0.3, -0.25) is 10.2 Å². The number of nitrogens with zero attached hydrogens (tertiary/aromatic N) is 2. The summed E-state index contributed by atoms with van der Waals surface area (Å²) in [7, 11) is 0. The van der Waals surface area contributed by atoms with E-state index in [1.807, 2.05) is 5.87 Å². The van der Waals surface area contributed by atoms with Gasteiger partial charge in [-0.25, -0.2) is 0 Å². The van der Waals surface area contributed by atoms with Gasteiger partial charge in [0, 0.05) is 11.1 Å². The Morgan fingerprint density at radius 3 is 2.00 bits per heavy atom. The first-order valence-electron chi connectivity index (χ1n) is 3.97. The molecule has 0 unspecified atom stereocenters. The van der Waals surface area contributed by atoms with Crippen LogP contribution in [0, 0.1) is 28.1 Å². The molecule has 1 N–H and O–H groups in total. The van der Waals surface area contributed by atoms with E-state index in [0.29, 0.717) is 5.56 Å². The molecule has 1 aromatic rings. The van der Waals surface area contributed by atoms with Crippen LogP contribution in [0.3, 0.4) is 0 Å². The number of allylic oxidation sites excluding steroid dienone is 1. The normalized spacial score (nSPS) is 8.13. The van der Waals surface area contributed by atoms with Gasteiger partial charge in [-0.15, -0.1) is 0 Å². The fourth-order valence-corrected chi connectivity index (χ4v) is 1.02. The second kappa shape index (κ2) is 4.53. The van der Waals surface area contributed by atoms with Gasteiger partial charge < -0.3 is 0 Å². The highest BCUT2D eigenvalue weighted by Crippen LogP contribution is 2.12. The number of carbonyl (C=O) groups excluding carboxylic acids is 1. The number of nitrogens with one attached hydrogen (secondary N) is 1. The minimum absolute atomic E-state index is 0.0888. The number of hydrogen-bond donors (Lipinski definition) is 1. The fraction of sp³-hybridized carbons (Fsp3) is 0. The Hall–Kier alpha value is -2.68. The third-order valence-electron chi connectivity index (χ3n) is 1.77. The van der Waals surface area contributed by atoms with Crippen molar-refractivity contribution in [1.29, 1.82) is 15.9 Å². The van der Waals surface area contributed by atoms with Crippen LogP contribution >= 0.6 is 0 Å². The molecule has 0 amide bonds. The summed E-state index contributed by atoms with van der Waals surface area (Å²) in [5.41, 5.74) is 0.858. The van der Waals surface area contributed by atoms with Crippen LogP contribution in [0.1, 0.15) is 15.9 Å². The number of rotatable bonds is 2. The lowest BCUT2D eigenvalue weighted by atomic mass is 10.0. The summed E-state index contributed by atoms with van der Waals surface area (Å²) >= 11 is 0. The van der Waals surface area contributed by atoms with E-state index in [4.69, 9.17) is 15.9 Å². The van der Waals surface area contributed by atoms with Crippen LogP contribution in [-0.4, -0.2) is 11.7 Å². The fourth-order valence-electron chi connectivity index (χ4n) is 1.02. The molecule has 0 aliphatic rings. The minimum Gasteiger partial charge on any atom is -0.277 e. The lowest BCUT2D eigenvalue weighted by Crippen LogP contribution is -1.94. The van der Waals surface area contributed by atoms with Gasteiger partial charge in [0.05, 0.1) is 0 Å². The topological polar surface area (TPSA) is 88.5 Å². The summed E-state index contributed by atoms with van der Waals surface area (Å²) in [6, 6.07) is 9.18. The summed E-state index contributed by atoms with van der Waals surface area (Å²) in [6.45, 7) is 0. The number of Topliss-reactive ketones (excluding diaryl/α,β-unsaturated/α-hetero) is 1. The van der Waals surface area contributed by atoms with Crippen molar-refractivity contribution < 1.29 is 4.79 Å². The van der Waals surface area contributed by atoms with Crippen LogP contribution in [0.2, 0.25) is 0 Å². The third-order valence-corrected chi connectivity index (χ3v) is 1.77. The van der Waals surface area contributed by atoms with Gasteiger partial charge in [0.2, 0.25) is 0 Å². The van der Waals surface area contributed by atoms with Crippen molar-refractivity contribution in [2.24, 2.45) is 0 Å². The highest BCUT2D eigenvalue weighted by Gasteiger charge is 2.05. The standard InChI is InChI=1S/C11H5N3O/c12-5-10(6-13)8-1-3-9(4-2-8)11(15)7-14/h1-4,12H. The molecule has 0 saturated heterocycles. The van der Waals surface area contributed by atoms with Crippen molar-refractivity contribution in [3.05, 3.63) is 35.4 Å². The molecule has 70 valence electrons. The van der Waals surface area contributed by atoms with E-state index >= 15 is 0 Å². The average Bonchev–Trinajstić information content (AvgIpc) is 2.30. The molecule has 0 aromatic heterocycles. The zero-order chi connectivity index (χ0) is 11.3. The monoisotopic (exact) mass is 195 g/mol. The first-order chi connectivity index (χ1) is 7.22. The summed E-state index contributed by atoms with van der Waals surface area (Å²) in [6.07, 6.45) is 0. The second-order valence-corrected chi connectivity index (χ2v) is 2.63. The van der Waals surface area contributed by atoms with E-state index in [0.717, 1.165) is 0 Å². The van der Waals surface area contributed by atoms with Crippen molar-refractivity contribution in [1.82, 2.24) is 0 Å². The first-order valence-corrected chi connectivity index (χ1v) is 3.97. The Kier molecular flexibility index (Phi) is 3.14. The van der Waals surface area contributed by atoms with Gasteiger partial charge in [0.25, 0.3) is 5.78 Å². The molecule has 0 aliphatic carbocycles. The molecule has 0 saturated carbocycles. The SMILES string of the molecule is N#CC(=O)c1ccc(C(=C=N)C#N)cc1. The second-order valence-electron chi connectivity index (χ2n) is 2.63. The van der Waals surface area contributed by atoms with Crippen LogP contribution in [0.5, 0.6) is 0 Å². The molecule has 4 nitrogen and oxygen atoms in total. The van der Waals surface area contributed by atoms with Crippen LogP contribution in [0.15, 0.2) is 24.3 Å². The molecule has 1 aromatic carbocycles. The maximum atomic E-state index is 10.9. The van der Waals surface area contributed by atoms with Crippen molar-refractivity contribution in [2.45, 2.75) is 0 Å². The molecule has 4 heteroatoms. The molecule has 0 heterocycles. The van der Waals surface area contributed by atoms with E-state index in [1.165, 1.54) is 30.3 Å². The molecule has 0 radical (unpaired) electrons. The predicted molar refractivity (Wildman–Crippen MR) is 53.1 cm³/mol. The molecule has 0 spiro atoms. The summed E-state index contributed by atoms with van der Waals surface area (Å²) in [5.74, 6) is 1.36. The Bertz CT molecular complexity index is 522.